The first kappa shape index (κ1) is 21.7. The third-order valence-corrected chi connectivity index (χ3v) is 8.98. The molecule has 0 saturated heterocycles. The van der Waals surface area contributed by atoms with Crippen LogP contribution in [0.1, 0.15) is 84.4 Å². The number of pyridine rings is 2. The van der Waals surface area contributed by atoms with Crippen molar-refractivity contribution in [2.24, 2.45) is 0 Å². The van der Waals surface area contributed by atoms with Gasteiger partial charge >= 0.3 is 0 Å². The van der Waals surface area contributed by atoms with Crippen LogP contribution in [0.15, 0.2) is 120 Å². The van der Waals surface area contributed by atoms with Crippen molar-refractivity contribution in [2.75, 3.05) is 0 Å². The molecule has 0 amide bonds. The number of benzene rings is 5. The normalized spacial score (nSPS) is 17.6. The second kappa shape index (κ2) is 15.7. The summed E-state index contributed by atoms with van der Waals surface area (Å²) in [5.41, 5.74) is 3.13. The molecule has 4 heteroatoms. The van der Waals surface area contributed by atoms with E-state index < -0.39 is 41.1 Å². The molecule has 0 aliphatic heterocycles. The van der Waals surface area contributed by atoms with Crippen LogP contribution >= 0.6 is 0 Å². The van der Waals surface area contributed by atoms with E-state index in [0.29, 0.717) is 27.6 Å². The third kappa shape index (κ3) is 7.87. The SMILES string of the molecule is [2H]C([2H])([2H])c1c[c-]c(-c2ccc(C([2H])([2H])[2H])cn2)cc1.[2H]C([2H])([2H])c1cc(-c2cc(-c3[c-]ccc4c3oc3c(C([2H])([2H])[2H])cccc34)ncc2C([2H])([2H])[2H])c(C([2H])([2H])[2H])cc1-c1ccc(C(C)(C)C)cc1.[Ir]. The van der Waals surface area contributed by atoms with Crippen LogP contribution in [-0.4, -0.2) is 9.97 Å². The number of hydrogen-bond donors (Lipinski definition) is 0. The molecule has 0 unspecified atom stereocenters. The zero-order valence-electron chi connectivity index (χ0n) is 47.6. The van der Waals surface area contributed by atoms with E-state index in [9.17, 15) is 0 Å². The summed E-state index contributed by atoms with van der Waals surface area (Å²) in [5.74, 6) is 0. The van der Waals surface area contributed by atoms with Crippen LogP contribution in [-0.2, 0) is 25.5 Å². The molecule has 3 heterocycles. The number of aromatic nitrogens is 2. The summed E-state index contributed by atoms with van der Waals surface area (Å²) in [6, 6.07) is 32.9. The van der Waals surface area contributed by atoms with Gasteiger partial charge in [-0.1, -0.05) is 111 Å². The summed E-state index contributed by atoms with van der Waals surface area (Å²) in [4.78, 5) is 8.51. The fraction of sp³-hybridized carbons (Fsp3) is 0.200. The minimum atomic E-state index is -2.78. The molecule has 0 spiro atoms. The Labute approximate surface area is 359 Å². The summed E-state index contributed by atoms with van der Waals surface area (Å²) < 4.78 is 150. The van der Waals surface area contributed by atoms with Crippen molar-refractivity contribution < 1.29 is 49.2 Å². The summed E-state index contributed by atoms with van der Waals surface area (Å²) >= 11 is 0. The van der Waals surface area contributed by atoms with Crippen molar-refractivity contribution in [1.29, 1.82) is 0 Å². The molecule has 54 heavy (non-hydrogen) atoms. The quantitative estimate of drug-likeness (QED) is 0.165. The summed E-state index contributed by atoms with van der Waals surface area (Å²) in [7, 11) is 0. The molecular weight excluding hydrogens is 837 g/mol. The average Bonchev–Trinajstić information content (AvgIpc) is 3.66. The first-order chi connectivity index (χ1) is 32.6. The minimum absolute atomic E-state index is 0. The van der Waals surface area contributed by atoms with Gasteiger partial charge in [0.05, 0.1) is 5.58 Å². The second-order valence-corrected chi connectivity index (χ2v) is 13.7. The van der Waals surface area contributed by atoms with E-state index in [1.807, 2.05) is 32.9 Å². The van der Waals surface area contributed by atoms with Crippen molar-refractivity contribution in [3.8, 4) is 44.8 Å². The Bertz CT molecular complexity index is 3170. The number of hydrogen-bond acceptors (Lipinski definition) is 3. The molecule has 0 bridgehead atoms. The summed E-state index contributed by atoms with van der Waals surface area (Å²) in [6.45, 7) is -8.92. The first-order valence-electron chi connectivity index (χ1n) is 25.8. The monoisotopic (exact) mass is 901 g/mol. The molecule has 0 aliphatic carbocycles. The number of para-hydroxylation sites is 1. The maximum absolute atomic E-state index is 8.52. The van der Waals surface area contributed by atoms with Crippen molar-refractivity contribution in [3.63, 3.8) is 0 Å². The number of fused-ring (bicyclic) bond motifs is 3. The topological polar surface area (TPSA) is 38.9 Å². The van der Waals surface area contributed by atoms with Crippen LogP contribution in [0.25, 0.3) is 66.7 Å². The molecule has 8 rings (SSSR count). The smallest absolute Gasteiger partial charge is 0.123 e. The molecule has 3 nitrogen and oxygen atoms in total. The number of rotatable bonds is 4. The Morgan fingerprint density at radius 3 is 1.98 bits per heavy atom. The van der Waals surface area contributed by atoms with Crippen LogP contribution in [0.5, 0.6) is 0 Å². The fourth-order valence-electron chi connectivity index (χ4n) is 6.12. The van der Waals surface area contributed by atoms with Crippen LogP contribution in [0.2, 0.25) is 0 Å². The van der Waals surface area contributed by atoms with Gasteiger partial charge in [0.25, 0.3) is 0 Å². The van der Waals surface area contributed by atoms with Gasteiger partial charge in [-0.15, -0.1) is 53.6 Å². The van der Waals surface area contributed by atoms with Crippen molar-refractivity contribution in [1.82, 2.24) is 9.97 Å². The standard InChI is InChI=1S/C37H34NO.C13H12N.Ir/c1-22-10-8-11-28-29-12-9-13-30(36(29)39-35(22)28)34-20-33(25(4)21-38-34)32-19-23(2)31(18-24(32)3)26-14-16-27(17-15-26)37(5,6)7;1-10-3-6-12(7-4-10)13-8-5-11(2)9-14-13;/h8-12,14-21H,1-7H3;3-6,8-9H,1-2H3;/q2*-1;/i1D3,2D3,3D3,4D3;1D3,2D3;. The average molecular weight is 901 g/mol. The summed E-state index contributed by atoms with van der Waals surface area (Å²) in [5, 5.41) is 1.12. The fourth-order valence-corrected chi connectivity index (χ4v) is 6.12. The van der Waals surface area contributed by atoms with Crippen LogP contribution in [0.4, 0.5) is 0 Å². The van der Waals surface area contributed by atoms with E-state index in [-0.39, 0.29) is 98.0 Å². The van der Waals surface area contributed by atoms with Crippen LogP contribution in [0.3, 0.4) is 0 Å². The Morgan fingerprint density at radius 1 is 0.593 bits per heavy atom. The molecule has 0 N–H and O–H groups in total. The molecular formula is C50H46IrN2O-2. The molecule has 1 radical (unpaired) electrons. The molecule has 8 aromatic rings. The number of furan rings is 1. The van der Waals surface area contributed by atoms with Gasteiger partial charge in [0.2, 0.25) is 0 Å². The minimum Gasteiger partial charge on any atom is -0.500 e. The zero-order chi connectivity index (χ0) is 52.4. The first-order valence-corrected chi connectivity index (χ1v) is 16.8. The number of nitrogens with zero attached hydrogens (tertiary/aromatic N) is 2. The second-order valence-electron chi connectivity index (χ2n) is 13.7. The van der Waals surface area contributed by atoms with Gasteiger partial charge in [-0.25, -0.2) is 0 Å². The molecule has 273 valence electrons. The molecule has 3 aromatic heterocycles. The molecule has 0 fully saturated rings. The maximum atomic E-state index is 8.52. The van der Waals surface area contributed by atoms with Crippen molar-refractivity contribution in [2.45, 2.75) is 67.3 Å². The Kier molecular flexibility index (Phi) is 6.29. The van der Waals surface area contributed by atoms with Crippen molar-refractivity contribution in [3.05, 3.63) is 167 Å². The number of aryl methyl sites for hydroxylation is 6. The van der Waals surface area contributed by atoms with Gasteiger partial charge < -0.3 is 14.4 Å². The zero-order valence-corrected chi connectivity index (χ0v) is 32.0. The molecule has 0 atom stereocenters. The Morgan fingerprint density at radius 2 is 1.30 bits per heavy atom. The van der Waals surface area contributed by atoms with E-state index in [1.54, 1.807) is 48.5 Å². The van der Waals surface area contributed by atoms with E-state index in [1.165, 1.54) is 48.7 Å². The van der Waals surface area contributed by atoms with E-state index in [4.69, 9.17) is 29.1 Å². The van der Waals surface area contributed by atoms with E-state index >= 15 is 0 Å². The van der Waals surface area contributed by atoms with Crippen molar-refractivity contribution >= 4 is 21.9 Å². The molecule has 0 saturated carbocycles. The Balaban J connectivity index is 0.000000338. The third-order valence-electron chi connectivity index (χ3n) is 8.98. The Hall–Kier alpha value is -5.15. The summed E-state index contributed by atoms with van der Waals surface area (Å²) in [6.07, 6.45) is 2.42. The largest absolute Gasteiger partial charge is 0.500 e. The predicted molar refractivity (Wildman–Crippen MR) is 222 cm³/mol. The van der Waals surface area contributed by atoms with Gasteiger partial charge in [-0.05, 0) is 107 Å². The maximum Gasteiger partial charge on any atom is 0.123 e. The van der Waals surface area contributed by atoms with Gasteiger partial charge in [0.1, 0.15) is 5.58 Å². The van der Waals surface area contributed by atoms with Crippen LogP contribution in [0, 0.1) is 53.2 Å². The van der Waals surface area contributed by atoms with Gasteiger partial charge in [0.15, 0.2) is 0 Å². The van der Waals surface area contributed by atoms with Crippen LogP contribution < -0.4 is 0 Å². The van der Waals surface area contributed by atoms with Gasteiger partial charge in [-0.2, -0.15) is 0 Å². The predicted octanol–water partition coefficient (Wildman–Crippen LogP) is 13.5. The molecule has 0 aliphatic rings. The molecule has 5 aromatic carbocycles. The van der Waals surface area contributed by atoms with Gasteiger partial charge in [0, 0.05) is 62.6 Å². The van der Waals surface area contributed by atoms with Gasteiger partial charge in [-0.3, -0.25) is 0 Å². The van der Waals surface area contributed by atoms with E-state index in [0.717, 1.165) is 11.8 Å². The van der Waals surface area contributed by atoms with E-state index in [2.05, 4.69) is 22.1 Å².